The summed E-state index contributed by atoms with van der Waals surface area (Å²) in [7, 11) is -4.83. The van der Waals surface area contributed by atoms with Crippen molar-refractivity contribution < 1.29 is 18.9 Å². The van der Waals surface area contributed by atoms with E-state index >= 15 is 0 Å². The zero-order chi connectivity index (χ0) is 29.8. The second-order valence-corrected chi connectivity index (χ2v) is 15.9. The SMILES string of the molecule is CC(C)(C)c1cccc(-c2cccc(OP(=O)(O)O)c2-c2cccc(C(C)(C)C)c2C(C)(C)C)c1C(C)(C)C. The highest BCUT2D eigenvalue weighted by molar-refractivity contribution is 7.46. The summed E-state index contributed by atoms with van der Waals surface area (Å²) in [5, 5.41) is 0. The molecule has 212 valence electrons. The third-order valence-electron chi connectivity index (χ3n) is 7.05. The van der Waals surface area contributed by atoms with Gasteiger partial charge in [-0.25, -0.2) is 4.57 Å². The second kappa shape index (κ2) is 10.2. The first-order chi connectivity index (χ1) is 17.5. The third kappa shape index (κ3) is 6.85. The molecule has 0 fully saturated rings. The maximum Gasteiger partial charge on any atom is 0.524 e. The quantitative estimate of drug-likeness (QED) is 0.317. The van der Waals surface area contributed by atoms with Gasteiger partial charge >= 0.3 is 7.82 Å². The van der Waals surface area contributed by atoms with Gasteiger partial charge in [0.15, 0.2) is 0 Å². The molecule has 0 amide bonds. The van der Waals surface area contributed by atoms with Crippen LogP contribution >= 0.6 is 7.82 Å². The van der Waals surface area contributed by atoms with E-state index < -0.39 is 7.82 Å². The van der Waals surface area contributed by atoms with E-state index in [4.69, 9.17) is 4.52 Å². The van der Waals surface area contributed by atoms with E-state index in [9.17, 15) is 14.4 Å². The molecule has 0 radical (unpaired) electrons. The van der Waals surface area contributed by atoms with Crippen LogP contribution in [0.1, 0.15) is 105 Å². The number of phosphoric acid groups is 1. The predicted octanol–water partition coefficient (Wildman–Crippen LogP) is 9.68. The van der Waals surface area contributed by atoms with Crippen LogP contribution in [0.3, 0.4) is 0 Å². The Morgan fingerprint density at radius 2 is 0.923 bits per heavy atom. The molecule has 3 rings (SSSR count). The third-order valence-corrected chi connectivity index (χ3v) is 7.48. The van der Waals surface area contributed by atoms with Crippen LogP contribution in [-0.4, -0.2) is 9.79 Å². The lowest BCUT2D eigenvalue weighted by Crippen LogP contribution is -2.24. The molecule has 0 aliphatic carbocycles. The van der Waals surface area contributed by atoms with Crippen LogP contribution in [0.15, 0.2) is 54.6 Å². The Labute approximate surface area is 236 Å². The van der Waals surface area contributed by atoms with E-state index in [1.54, 1.807) is 6.07 Å². The Balaban J connectivity index is 2.62. The minimum Gasteiger partial charge on any atom is -0.404 e. The molecular weight excluding hydrogens is 503 g/mol. The molecule has 0 spiro atoms. The molecule has 3 aromatic carbocycles. The van der Waals surface area contributed by atoms with Gasteiger partial charge in [-0.05, 0) is 66.7 Å². The molecule has 0 bridgehead atoms. The summed E-state index contributed by atoms with van der Waals surface area (Å²) >= 11 is 0. The van der Waals surface area contributed by atoms with Crippen molar-refractivity contribution in [2.45, 2.75) is 105 Å². The molecule has 0 unspecified atom stereocenters. The van der Waals surface area contributed by atoms with Crippen LogP contribution in [0.25, 0.3) is 22.3 Å². The fraction of sp³-hybridized carbons (Fsp3) is 0.471. The summed E-state index contributed by atoms with van der Waals surface area (Å²) in [4.78, 5) is 19.9. The number of hydrogen-bond donors (Lipinski definition) is 2. The molecule has 0 aliphatic heterocycles. The van der Waals surface area contributed by atoms with E-state index in [1.807, 2.05) is 12.1 Å². The van der Waals surface area contributed by atoms with Gasteiger partial charge in [0.25, 0.3) is 0 Å². The monoisotopic (exact) mass is 550 g/mol. The fourth-order valence-electron chi connectivity index (χ4n) is 5.64. The molecule has 39 heavy (non-hydrogen) atoms. The van der Waals surface area contributed by atoms with Crippen molar-refractivity contribution in [2.75, 3.05) is 0 Å². The lowest BCUT2D eigenvalue weighted by atomic mass is 9.70. The lowest BCUT2D eigenvalue weighted by molar-refractivity contribution is 0.283. The Kier molecular flexibility index (Phi) is 8.16. The minimum atomic E-state index is -4.83. The average Bonchev–Trinajstić information content (AvgIpc) is 2.74. The van der Waals surface area contributed by atoms with Crippen molar-refractivity contribution in [3.8, 4) is 28.0 Å². The smallest absolute Gasteiger partial charge is 0.404 e. The zero-order valence-electron chi connectivity index (χ0n) is 25.9. The summed E-state index contributed by atoms with van der Waals surface area (Å²) < 4.78 is 17.7. The number of hydrogen-bond acceptors (Lipinski definition) is 2. The van der Waals surface area contributed by atoms with Gasteiger partial charge in [0, 0.05) is 5.56 Å². The van der Waals surface area contributed by atoms with Crippen molar-refractivity contribution in [1.82, 2.24) is 0 Å². The predicted molar refractivity (Wildman–Crippen MR) is 165 cm³/mol. The van der Waals surface area contributed by atoms with Gasteiger partial charge in [-0.3, -0.25) is 9.79 Å². The Morgan fingerprint density at radius 3 is 1.33 bits per heavy atom. The van der Waals surface area contributed by atoms with Crippen molar-refractivity contribution in [3.63, 3.8) is 0 Å². The summed E-state index contributed by atoms with van der Waals surface area (Å²) in [6, 6.07) is 18.2. The van der Waals surface area contributed by atoms with Gasteiger partial charge in [-0.15, -0.1) is 0 Å². The molecule has 0 heterocycles. The van der Waals surface area contributed by atoms with Gasteiger partial charge in [-0.2, -0.15) is 0 Å². The summed E-state index contributed by atoms with van der Waals surface area (Å²) in [6.45, 7) is 26.5. The maximum atomic E-state index is 12.2. The van der Waals surface area contributed by atoms with Gasteiger partial charge in [-0.1, -0.05) is 132 Å². The van der Waals surface area contributed by atoms with Crippen LogP contribution in [0.5, 0.6) is 5.75 Å². The van der Waals surface area contributed by atoms with E-state index in [-0.39, 0.29) is 27.4 Å². The molecule has 0 atom stereocenters. The minimum absolute atomic E-state index is 0.0957. The Hall–Kier alpha value is -2.39. The van der Waals surface area contributed by atoms with Gasteiger partial charge in [0.05, 0.1) is 0 Å². The van der Waals surface area contributed by atoms with E-state index in [1.165, 1.54) is 16.7 Å². The van der Waals surface area contributed by atoms with Crippen molar-refractivity contribution >= 4 is 7.82 Å². The molecule has 0 aliphatic rings. The Morgan fingerprint density at radius 1 is 0.538 bits per heavy atom. The Bertz CT molecular complexity index is 1400. The number of phosphoric ester groups is 1. The van der Waals surface area contributed by atoms with Gasteiger partial charge in [0.1, 0.15) is 5.75 Å². The maximum absolute atomic E-state index is 12.2. The normalized spacial score (nSPS) is 13.5. The van der Waals surface area contributed by atoms with Crippen molar-refractivity contribution in [3.05, 3.63) is 76.9 Å². The second-order valence-electron chi connectivity index (χ2n) is 14.7. The molecule has 4 nitrogen and oxygen atoms in total. The van der Waals surface area contributed by atoms with E-state index in [0.717, 1.165) is 22.3 Å². The average molecular weight is 551 g/mol. The van der Waals surface area contributed by atoms with E-state index in [0.29, 0.717) is 5.56 Å². The molecule has 5 heteroatoms. The van der Waals surface area contributed by atoms with Gasteiger partial charge < -0.3 is 4.52 Å². The molecule has 0 saturated heterocycles. The topological polar surface area (TPSA) is 66.8 Å². The number of benzene rings is 3. The zero-order valence-corrected chi connectivity index (χ0v) is 26.7. The standard InChI is InChI=1S/C34H47O4P/c1-31(2,3)25-19-13-17-23(29(25)33(7,8)9)22-16-15-21-27(38-39(35,36)37)28(22)24-18-14-20-26(32(4,5)6)30(24)34(10,11)12/h13-21H,1-12H3,(H2,35,36,37). The summed E-state index contributed by atoms with van der Waals surface area (Å²) in [6.07, 6.45) is 0. The van der Waals surface area contributed by atoms with Crippen molar-refractivity contribution in [2.24, 2.45) is 0 Å². The largest absolute Gasteiger partial charge is 0.524 e. The first-order valence-electron chi connectivity index (χ1n) is 13.7. The highest BCUT2D eigenvalue weighted by Crippen LogP contribution is 2.51. The first kappa shape index (κ1) is 31.1. The molecule has 2 N–H and O–H groups in total. The molecule has 0 saturated carbocycles. The molecule has 3 aromatic rings. The van der Waals surface area contributed by atoms with E-state index in [2.05, 4.69) is 119 Å². The fourth-order valence-corrected chi connectivity index (χ4v) is 6.05. The first-order valence-corrected chi connectivity index (χ1v) is 15.2. The molecular formula is C34H47O4P. The highest BCUT2D eigenvalue weighted by Gasteiger charge is 2.33. The van der Waals surface area contributed by atoms with Crippen LogP contribution in [-0.2, 0) is 26.2 Å². The van der Waals surface area contributed by atoms with Crippen LogP contribution in [0.4, 0.5) is 0 Å². The number of rotatable bonds is 4. The lowest BCUT2D eigenvalue weighted by Gasteiger charge is -2.35. The molecule has 0 aromatic heterocycles. The van der Waals surface area contributed by atoms with Crippen LogP contribution < -0.4 is 4.52 Å². The van der Waals surface area contributed by atoms with Crippen LogP contribution in [0.2, 0.25) is 0 Å². The van der Waals surface area contributed by atoms with Crippen LogP contribution in [0, 0.1) is 0 Å². The summed E-state index contributed by atoms with van der Waals surface area (Å²) in [5.74, 6) is 0.179. The summed E-state index contributed by atoms with van der Waals surface area (Å²) in [5.41, 5.74) is 7.72. The highest BCUT2D eigenvalue weighted by atomic mass is 31.2. The van der Waals surface area contributed by atoms with Gasteiger partial charge in [0.2, 0.25) is 0 Å². The van der Waals surface area contributed by atoms with Crippen molar-refractivity contribution in [1.29, 1.82) is 0 Å².